The average Bonchev–Trinajstić information content (AvgIpc) is 1.88. The molecule has 0 saturated carbocycles. The Morgan fingerprint density at radius 2 is 2.08 bits per heavy atom. The summed E-state index contributed by atoms with van der Waals surface area (Å²) in [5.74, 6) is -4.92. The van der Waals surface area contributed by atoms with Crippen molar-refractivity contribution in [2.24, 2.45) is 5.73 Å². The van der Waals surface area contributed by atoms with Crippen molar-refractivity contribution >= 4 is 18.4 Å². The molecule has 0 atom stereocenters. The summed E-state index contributed by atoms with van der Waals surface area (Å²) in [4.78, 5) is 10.4. The van der Waals surface area contributed by atoms with Crippen LogP contribution in [0.3, 0.4) is 0 Å². The summed E-state index contributed by atoms with van der Waals surface area (Å²) in [6.45, 7) is 1.20. The monoisotopic (exact) mass is 203 g/mol. The van der Waals surface area contributed by atoms with Gasteiger partial charge in [-0.2, -0.15) is 8.78 Å². The lowest BCUT2D eigenvalue weighted by molar-refractivity contribution is -0.171. The Hall–Kier alpha value is -0.420. The van der Waals surface area contributed by atoms with Gasteiger partial charge in [0.2, 0.25) is 0 Å². The van der Waals surface area contributed by atoms with Crippen LogP contribution in [0.4, 0.5) is 8.78 Å². The number of ether oxygens (including phenoxy) is 1. The van der Waals surface area contributed by atoms with E-state index in [1.165, 1.54) is 6.92 Å². The molecule has 3 nitrogen and oxygen atoms in total. The molecule has 0 aromatic rings. The minimum atomic E-state index is -3.43. The van der Waals surface area contributed by atoms with Crippen LogP contribution in [0.15, 0.2) is 0 Å². The Kier molecular flexibility index (Phi) is 7.22. The van der Waals surface area contributed by atoms with Crippen molar-refractivity contribution in [3.63, 3.8) is 0 Å². The van der Waals surface area contributed by atoms with Crippen LogP contribution in [0.25, 0.3) is 0 Å². The first-order valence-electron chi connectivity index (χ1n) is 3.29. The first kappa shape index (κ1) is 14.1. The summed E-state index contributed by atoms with van der Waals surface area (Å²) >= 11 is 0. The highest BCUT2D eigenvalue weighted by Gasteiger charge is 2.39. The molecular formula is C6H12ClF2NO2. The molecule has 0 amide bonds. The predicted octanol–water partition coefficient (Wildman–Crippen LogP) is 0.955. The van der Waals surface area contributed by atoms with Crippen molar-refractivity contribution in [3.05, 3.63) is 0 Å². The summed E-state index contributed by atoms with van der Waals surface area (Å²) < 4.78 is 29.0. The third-order valence-corrected chi connectivity index (χ3v) is 1.03. The molecule has 6 heteroatoms. The molecule has 0 fully saturated rings. The van der Waals surface area contributed by atoms with Gasteiger partial charge in [0.15, 0.2) is 0 Å². The van der Waals surface area contributed by atoms with Gasteiger partial charge in [0.25, 0.3) is 0 Å². The Morgan fingerprint density at radius 3 is 2.42 bits per heavy atom. The van der Waals surface area contributed by atoms with Crippen LogP contribution in [0.1, 0.15) is 13.3 Å². The lowest BCUT2D eigenvalue weighted by Gasteiger charge is -2.12. The Balaban J connectivity index is 0. The number of carbonyl (C=O) groups excluding carboxylic acids is 1. The molecule has 2 N–H and O–H groups in total. The normalized spacial score (nSPS) is 10.3. The van der Waals surface area contributed by atoms with E-state index < -0.39 is 18.3 Å². The summed E-state index contributed by atoms with van der Waals surface area (Å²) in [7, 11) is 0. The van der Waals surface area contributed by atoms with Gasteiger partial charge < -0.3 is 10.5 Å². The Bertz CT molecular complexity index is 144. The average molecular weight is 204 g/mol. The fraction of sp³-hybridized carbons (Fsp3) is 0.833. The zero-order valence-corrected chi connectivity index (χ0v) is 7.50. The highest BCUT2D eigenvalue weighted by Crippen LogP contribution is 2.18. The maximum Gasteiger partial charge on any atom is 0.377 e. The van der Waals surface area contributed by atoms with Gasteiger partial charge in [-0.3, -0.25) is 0 Å². The summed E-state index contributed by atoms with van der Waals surface area (Å²) in [5, 5.41) is 0. The van der Waals surface area contributed by atoms with E-state index in [0.29, 0.717) is 0 Å². The second-order valence-electron chi connectivity index (χ2n) is 1.96. The Morgan fingerprint density at radius 1 is 1.58 bits per heavy atom. The molecule has 74 valence electrons. The van der Waals surface area contributed by atoms with Crippen LogP contribution in [-0.4, -0.2) is 25.0 Å². The molecule has 12 heavy (non-hydrogen) atoms. The number of alkyl halides is 2. The first-order valence-corrected chi connectivity index (χ1v) is 3.29. The van der Waals surface area contributed by atoms with E-state index in [2.05, 4.69) is 4.74 Å². The van der Waals surface area contributed by atoms with Gasteiger partial charge in [0, 0.05) is 6.42 Å². The number of hydrogen-bond donors (Lipinski definition) is 1. The zero-order chi connectivity index (χ0) is 8.91. The molecule has 0 aliphatic carbocycles. The van der Waals surface area contributed by atoms with Crippen LogP contribution in [0, 0.1) is 0 Å². The van der Waals surface area contributed by atoms with Gasteiger partial charge in [-0.05, 0) is 13.5 Å². The van der Waals surface area contributed by atoms with Gasteiger partial charge in [-0.1, -0.05) is 0 Å². The SMILES string of the molecule is CCOC(=O)C(F)(F)CCN.Cl. The minimum Gasteiger partial charge on any atom is -0.462 e. The maximum atomic E-state index is 12.5. The quantitative estimate of drug-likeness (QED) is 0.693. The number of esters is 1. The molecule has 0 aromatic carbocycles. The van der Waals surface area contributed by atoms with E-state index in [1.54, 1.807) is 0 Å². The number of hydrogen-bond acceptors (Lipinski definition) is 3. The lowest BCUT2D eigenvalue weighted by atomic mass is 10.2. The van der Waals surface area contributed by atoms with E-state index in [-0.39, 0.29) is 25.6 Å². The molecule has 0 rings (SSSR count). The summed E-state index contributed by atoms with van der Waals surface area (Å²) in [6, 6.07) is 0. The molecule has 0 aromatic heterocycles. The largest absolute Gasteiger partial charge is 0.462 e. The molecule has 0 radical (unpaired) electrons. The molecule has 0 bridgehead atoms. The van der Waals surface area contributed by atoms with Crippen molar-refractivity contribution in [1.29, 1.82) is 0 Å². The predicted molar refractivity (Wildman–Crippen MR) is 42.5 cm³/mol. The van der Waals surface area contributed by atoms with Gasteiger partial charge in [0.1, 0.15) is 0 Å². The fourth-order valence-electron chi connectivity index (χ4n) is 0.520. The van der Waals surface area contributed by atoms with E-state index in [4.69, 9.17) is 5.73 Å². The van der Waals surface area contributed by atoms with E-state index in [9.17, 15) is 13.6 Å². The second-order valence-corrected chi connectivity index (χ2v) is 1.96. The van der Waals surface area contributed by atoms with E-state index in [0.717, 1.165) is 0 Å². The van der Waals surface area contributed by atoms with Crippen molar-refractivity contribution in [1.82, 2.24) is 0 Å². The number of rotatable bonds is 4. The third-order valence-electron chi connectivity index (χ3n) is 1.03. The second kappa shape index (κ2) is 6.14. The third kappa shape index (κ3) is 4.46. The van der Waals surface area contributed by atoms with Crippen molar-refractivity contribution in [2.45, 2.75) is 19.3 Å². The highest BCUT2D eigenvalue weighted by molar-refractivity contribution is 5.85. The topological polar surface area (TPSA) is 52.3 Å². The zero-order valence-electron chi connectivity index (χ0n) is 6.68. The molecule has 0 aliphatic heterocycles. The molecule has 0 aliphatic rings. The molecule has 0 saturated heterocycles. The number of carbonyl (C=O) groups is 1. The van der Waals surface area contributed by atoms with Crippen LogP contribution in [-0.2, 0) is 9.53 Å². The molecular weight excluding hydrogens is 192 g/mol. The van der Waals surface area contributed by atoms with Gasteiger partial charge in [-0.25, -0.2) is 4.79 Å². The highest BCUT2D eigenvalue weighted by atomic mass is 35.5. The number of halogens is 3. The standard InChI is InChI=1S/C6H11F2NO2.ClH/c1-2-11-5(10)6(7,8)3-4-9;/h2-4,9H2,1H3;1H. The van der Waals surface area contributed by atoms with Gasteiger partial charge in [-0.15, -0.1) is 12.4 Å². The summed E-state index contributed by atoms with van der Waals surface area (Å²) in [6.07, 6.45) is -0.661. The Labute approximate surface area is 75.7 Å². The van der Waals surface area contributed by atoms with Crippen molar-refractivity contribution in [3.8, 4) is 0 Å². The summed E-state index contributed by atoms with van der Waals surface area (Å²) in [5.41, 5.74) is 4.86. The maximum absolute atomic E-state index is 12.5. The van der Waals surface area contributed by atoms with Crippen LogP contribution in [0.5, 0.6) is 0 Å². The van der Waals surface area contributed by atoms with Crippen LogP contribution < -0.4 is 5.73 Å². The smallest absolute Gasteiger partial charge is 0.377 e. The lowest BCUT2D eigenvalue weighted by Crippen LogP contribution is -2.33. The van der Waals surface area contributed by atoms with Crippen molar-refractivity contribution in [2.75, 3.05) is 13.2 Å². The molecule has 0 heterocycles. The van der Waals surface area contributed by atoms with E-state index >= 15 is 0 Å². The van der Waals surface area contributed by atoms with Crippen molar-refractivity contribution < 1.29 is 18.3 Å². The minimum absolute atomic E-state index is 0. The van der Waals surface area contributed by atoms with Gasteiger partial charge in [0.05, 0.1) is 6.61 Å². The number of nitrogens with two attached hydrogens (primary N) is 1. The van der Waals surface area contributed by atoms with Crippen LogP contribution >= 0.6 is 12.4 Å². The fourth-order valence-corrected chi connectivity index (χ4v) is 0.520. The van der Waals surface area contributed by atoms with Gasteiger partial charge >= 0.3 is 11.9 Å². The first-order chi connectivity index (χ1) is 5.04. The molecule has 0 unspecified atom stereocenters. The van der Waals surface area contributed by atoms with Crippen LogP contribution in [0.2, 0.25) is 0 Å². The van der Waals surface area contributed by atoms with E-state index in [1.807, 2.05) is 0 Å². The molecule has 0 spiro atoms.